The lowest BCUT2D eigenvalue weighted by atomic mass is 10.2. The second-order valence-corrected chi connectivity index (χ2v) is 3.65. The molecule has 6 heteroatoms. The molecule has 19 heavy (non-hydrogen) atoms. The largest absolute Gasteiger partial charge is 0.459 e. The minimum Gasteiger partial charge on any atom is -0.459 e. The molecule has 0 aliphatic heterocycles. The minimum atomic E-state index is -0.392. The molecule has 0 aliphatic rings. The van der Waals surface area contributed by atoms with E-state index in [0.29, 0.717) is 11.3 Å². The maximum Gasteiger partial charge on any atom is 0.291 e. The topological polar surface area (TPSA) is 80.6 Å². The zero-order valence-corrected chi connectivity index (χ0v) is 10.2. The Bertz CT molecular complexity index is 578. The van der Waals surface area contributed by atoms with E-state index in [-0.39, 0.29) is 11.7 Å². The van der Waals surface area contributed by atoms with Crippen LogP contribution >= 0.6 is 0 Å². The molecule has 0 aliphatic carbocycles. The monoisotopic (exact) mass is 260 g/mol. The molecular weight excluding hydrogens is 248 g/mol. The number of amides is 2. The molecule has 2 rings (SSSR count). The average molecular weight is 260 g/mol. The van der Waals surface area contributed by atoms with E-state index in [9.17, 15) is 9.59 Å². The van der Waals surface area contributed by atoms with Crippen LogP contribution in [0, 0.1) is 0 Å². The average Bonchev–Trinajstić information content (AvgIpc) is 2.93. The number of carbonyl (C=O) groups is 2. The molecule has 0 saturated carbocycles. The number of hydrogen-bond donors (Lipinski definition) is 2. The van der Waals surface area contributed by atoms with Gasteiger partial charge in [-0.05, 0) is 30.3 Å². The van der Waals surface area contributed by atoms with Gasteiger partial charge in [0.1, 0.15) is 0 Å². The van der Waals surface area contributed by atoms with E-state index in [4.69, 9.17) is 4.42 Å². The van der Waals surface area contributed by atoms with Crippen molar-refractivity contribution in [2.45, 2.75) is 0 Å². The molecule has 2 N–H and O–H groups in total. The molecule has 2 aromatic rings. The van der Waals surface area contributed by atoms with Crippen molar-refractivity contribution < 1.29 is 18.8 Å². The summed E-state index contributed by atoms with van der Waals surface area (Å²) in [5, 5.41) is 2.63. The molecule has 0 spiro atoms. The van der Waals surface area contributed by atoms with Crippen molar-refractivity contribution in [3.8, 4) is 0 Å². The van der Waals surface area contributed by atoms with Crippen LogP contribution in [0.3, 0.4) is 0 Å². The number of benzene rings is 1. The molecule has 0 unspecified atom stereocenters. The summed E-state index contributed by atoms with van der Waals surface area (Å²) in [7, 11) is 1.35. The minimum absolute atomic E-state index is 0.201. The van der Waals surface area contributed by atoms with Crippen molar-refractivity contribution in [2.75, 3.05) is 12.4 Å². The molecule has 6 nitrogen and oxygen atoms in total. The SMILES string of the molecule is CONC(=O)c1cccc(NC(=O)c2ccco2)c1. The van der Waals surface area contributed by atoms with Crippen LogP contribution < -0.4 is 10.8 Å². The van der Waals surface area contributed by atoms with Gasteiger partial charge in [-0.1, -0.05) is 6.07 Å². The van der Waals surface area contributed by atoms with E-state index in [1.807, 2.05) is 0 Å². The fourth-order valence-corrected chi connectivity index (χ4v) is 1.49. The fraction of sp³-hybridized carbons (Fsp3) is 0.0769. The lowest BCUT2D eigenvalue weighted by Gasteiger charge is -2.06. The third kappa shape index (κ3) is 3.20. The van der Waals surface area contributed by atoms with Crippen molar-refractivity contribution in [2.24, 2.45) is 0 Å². The van der Waals surface area contributed by atoms with Gasteiger partial charge in [-0.2, -0.15) is 0 Å². The van der Waals surface area contributed by atoms with Gasteiger partial charge < -0.3 is 9.73 Å². The summed E-state index contributed by atoms with van der Waals surface area (Å²) in [5.74, 6) is -0.572. The Morgan fingerprint density at radius 2 is 2.00 bits per heavy atom. The second kappa shape index (κ2) is 5.83. The summed E-state index contributed by atoms with van der Waals surface area (Å²) in [6.45, 7) is 0. The van der Waals surface area contributed by atoms with Gasteiger partial charge in [-0.25, -0.2) is 5.48 Å². The van der Waals surface area contributed by atoms with E-state index in [2.05, 4.69) is 15.6 Å². The standard InChI is InChI=1S/C13H12N2O4/c1-18-15-12(16)9-4-2-5-10(8-9)14-13(17)11-6-3-7-19-11/h2-8H,1H3,(H,14,17)(H,15,16). The predicted octanol–water partition coefficient (Wildman–Crippen LogP) is 1.82. The number of carbonyl (C=O) groups excluding carboxylic acids is 2. The molecule has 0 bridgehead atoms. The van der Waals surface area contributed by atoms with Gasteiger partial charge in [-0.3, -0.25) is 14.4 Å². The van der Waals surface area contributed by atoms with Crippen LogP contribution in [0.25, 0.3) is 0 Å². The third-order valence-corrected chi connectivity index (χ3v) is 2.32. The van der Waals surface area contributed by atoms with Crippen LogP contribution in [-0.4, -0.2) is 18.9 Å². The van der Waals surface area contributed by atoms with E-state index in [1.165, 1.54) is 19.4 Å². The summed E-state index contributed by atoms with van der Waals surface area (Å²) in [4.78, 5) is 27.8. The Hall–Kier alpha value is -2.60. The predicted molar refractivity (Wildman–Crippen MR) is 67.6 cm³/mol. The Morgan fingerprint density at radius 1 is 1.16 bits per heavy atom. The van der Waals surface area contributed by atoms with Gasteiger partial charge in [0, 0.05) is 11.3 Å². The Labute approximate surface area is 109 Å². The molecule has 1 aromatic heterocycles. The van der Waals surface area contributed by atoms with Crippen LogP contribution in [0.1, 0.15) is 20.9 Å². The summed E-state index contributed by atoms with van der Waals surface area (Å²) >= 11 is 0. The highest BCUT2D eigenvalue weighted by Crippen LogP contribution is 2.12. The molecule has 98 valence electrons. The maximum atomic E-state index is 11.8. The van der Waals surface area contributed by atoms with E-state index in [1.54, 1.807) is 30.3 Å². The maximum absolute atomic E-state index is 11.8. The van der Waals surface area contributed by atoms with Crippen LogP contribution in [-0.2, 0) is 4.84 Å². The third-order valence-electron chi connectivity index (χ3n) is 2.32. The molecule has 0 fully saturated rings. The van der Waals surface area contributed by atoms with Crippen molar-refractivity contribution in [1.82, 2.24) is 5.48 Å². The number of nitrogens with one attached hydrogen (secondary N) is 2. The highest BCUT2D eigenvalue weighted by atomic mass is 16.6. The number of rotatable bonds is 4. The highest BCUT2D eigenvalue weighted by Gasteiger charge is 2.10. The van der Waals surface area contributed by atoms with Crippen molar-refractivity contribution >= 4 is 17.5 Å². The van der Waals surface area contributed by atoms with Gasteiger partial charge in [0.15, 0.2) is 5.76 Å². The summed E-state index contributed by atoms with van der Waals surface area (Å²) in [6, 6.07) is 9.65. The van der Waals surface area contributed by atoms with Crippen molar-refractivity contribution in [3.05, 3.63) is 54.0 Å². The Balaban J connectivity index is 2.11. The molecule has 0 radical (unpaired) electrons. The first-order valence-electron chi connectivity index (χ1n) is 5.49. The van der Waals surface area contributed by atoms with Crippen LogP contribution in [0.15, 0.2) is 47.1 Å². The molecular formula is C13H12N2O4. The van der Waals surface area contributed by atoms with Gasteiger partial charge in [0.25, 0.3) is 11.8 Å². The van der Waals surface area contributed by atoms with Crippen molar-refractivity contribution in [1.29, 1.82) is 0 Å². The van der Waals surface area contributed by atoms with Crippen molar-refractivity contribution in [3.63, 3.8) is 0 Å². The van der Waals surface area contributed by atoms with Crippen LogP contribution in [0.4, 0.5) is 5.69 Å². The highest BCUT2D eigenvalue weighted by molar-refractivity contribution is 6.03. The quantitative estimate of drug-likeness (QED) is 0.822. The zero-order valence-electron chi connectivity index (χ0n) is 10.2. The van der Waals surface area contributed by atoms with E-state index < -0.39 is 5.91 Å². The summed E-state index contributed by atoms with van der Waals surface area (Å²) in [6.07, 6.45) is 1.41. The van der Waals surface area contributed by atoms with E-state index >= 15 is 0 Å². The molecule has 1 heterocycles. The normalized spacial score (nSPS) is 9.95. The summed E-state index contributed by atoms with van der Waals surface area (Å²) < 4.78 is 4.97. The van der Waals surface area contributed by atoms with Crippen LogP contribution in [0.2, 0.25) is 0 Å². The lowest BCUT2D eigenvalue weighted by molar-refractivity contribution is 0.0537. The number of hydrogen-bond acceptors (Lipinski definition) is 4. The molecule has 0 saturated heterocycles. The molecule has 2 amide bonds. The second-order valence-electron chi connectivity index (χ2n) is 3.65. The molecule has 1 aromatic carbocycles. The van der Waals surface area contributed by atoms with Gasteiger partial charge in [0.05, 0.1) is 13.4 Å². The van der Waals surface area contributed by atoms with Gasteiger partial charge in [0.2, 0.25) is 0 Å². The van der Waals surface area contributed by atoms with Gasteiger partial charge >= 0.3 is 0 Å². The smallest absolute Gasteiger partial charge is 0.291 e. The number of furan rings is 1. The Kier molecular flexibility index (Phi) is 3.94. The summed E-state index contributed by atoms with van der Waals surface area (Å²) in [5.41, 5.74) is 3.06. The van der Waals surface area contributed by atoms with E-state index in [0.717, 1.165) is 0 Å². The number of hydroxylamine groups is 1. The van der Waals surface area contributed by atoms with Gasteiger partial charge in [-0.15, -0.1) is 0 Å². The Morgan fingerprint density at radius 3 is 2.68 bits per heavy atom. The lowest BCUT2D eigenvalue weighted by Crippen LogP contribution is -2.22. The number of anilines is 1. The van der Waals surface area contributed by atoms with Crippen LogP contribution in [0.5, 0.6) is 0 Å². The first-order valence-corrected chi connectivity index (χ1v) is 5.49. The first-order chi connectivity index (χ1) is 9.20. The fourth-order valence-electron chi connectivity index (χ4n) is 1.49. The molecule has 0 atom stereocenters. The first kappa shape index (κ1) is 12.8. The zero-order chi connectivity index (χ0) is 13.7.